The highest BCUT2D eigenvalue weighted by Crippen LogP contribution is 2.34. The van der Waals surface area contributed by atoms with Gasteiger partial charge in [-0.2, -0.15) is 0 Å². The molecule has 2 aromatic heterocycles. The summed E-state index contributed by atoms with van der Waals surface area (Å²) in [6, 6.07) is 11.2. The second kappa shape index (κ2) is 6.17. The van der Waals surface area contributed by atoms with Crippen molar-refractivity contribution in [1.82, 2.24) is 14.4 Å². The number of nitrogens with one attached hydrogen (secondary N) is 1. The van der Waals surface area contributed by atoms with Crippen LogP contribution in [-0.2, 0) is 10.0 Å². The van der Waals surface area contributed by atoms with Gasteiger partial charge < -0.3 is 0 Å². The Labute approximate surface area is 159 Å². The number of halogens is 2. The third kappa shape index (κ3) is 3.11. The van der Waals surface area contributed by atoms with Crippen molar-refractivity contribution < 1.29 is 12.8 Å². The first kappa shape index (κ1) is 17.7. The summed E-state index contributed by atoms with van der Waals surface area (Å²) >= 11 is 6.34. The van der Waals surface area contributed by atoms with Crippen molar-refractivity contribution in [2.45, 2.75) is 6.92 Å². The zero-order chi connectivity index (χ0) is 19.3. The monoisotopic (exact) mass is 404 g/mol. The van der Waals surface area contributed by atoms with E-state index in [-0.39, 0.29) is 5.82 Å². The van der Waals surface area contributed by atoms with Crippen molar-refractivity contribution >= 4 is 44.0 Å². The lowest BCUT2D eigenvalue weighted by Crippen LogP contribution is -2.12. The molecular weight excluding hydrogens is 391 g/mol. The zero-order valence-corrected chi connectivity index (χ0v) is 15.9. The number of imidazole rings is 1. The van der Waals surface area contributed by atoms with Crippen LogP contribution in [0.2, 0.25) is 5.02 Å². The number of hydrogen-bond donors (Lipinski definition) is 1. The van der Waals surface area contributed by atoms with Crippen LogP contribution in [0.1, 0.15) is 5.69 Å². The molecule has 0 aliphatic carbocycles. The van der Waals surface area contributed by atoms with Gasteiger partial charge in [0.1, 0.15) is 17.2 Å². The fourth-order valence-corrected chi connectivity index (χ4v) is 3.77. The fourth-order valence-electron chi connectivity index (χ4n) is 3.05. The summed E-state index contributed by atoms with van der Waals surface area (Å²) in [5.41, 5.74) is 2.49. The van der Waals surface area contributed by atoms with Crippen molar-refractivity contribution in [2.24, 2.45) is 0 Å². The van der Waals surface area contributed by atoms with E-state index in [1.807, 2.05) is 6.07 Å². The van der Waals surface area contributed by atoms with Gasteiger partial charge in [0.25, 0.3) is 0 Å². The van der Waals surface area contributed by atoms with Crippen molar-refractivity contribution in [3.63, 3.8) is 0 Å². The van der Waals surface area contributed by atoms with Crippen LogP contribution in [0.3, 0.4) is 0 Å². The number of aryl methyl sites for hydroxylation is 1. The van der Waals surface area contributed by atoms with E-state index in [1.54, 1.807) is 29.5 Å². The fraction of sp³-hybridized carbons (Fsp3) is 0.111. The van der Waals surface area contributed by atoms with Gasteiger partial charge in [-0.3, -0.25) is 9.12 Å². The average Bonchev–Trinajstić information content (AvgIpc) is 2.92. The number of benzene rings is 2. The molecule has 4 aromatic rings. The summed E-state index contributed by atoms with van der Waals surface area (Å²) in [6.45, 7) is 1.73. The molecule has 0 saturated carbocycles. The minimum Gasteiger partial charge on any atom is -0.287 e. The van der Waals surface area contributed by atoms with Gasteiger partial charge in [0.2, 0.25) is 10.0 Å². The molecule has 0 bridgehead atoms. The van der Waals surface area contributed by atoms with Gasteiger partial charge in [-0.15, -0.1) is 0 Å². The molecule has 4 rings (SSSR count). The van der Waals surface area contributed by atoms with Crippen molar-refractivity contribution in [1.29, 1.82) is 0 Å². The Hall–Kier alpha value is -2.71. The first-order valence-corrected chi connectivity index (χ1v) is 10.2. The summed E-state index contributed by atoms with van der Waals surface area (Å²) in [6.07, 6.45) is 1.04. The minimum absolute atomic E-state index is 0.125. The average molecular weight is 405 g/mol. The van der Waals surface area contributed by atoms with E-state index in [4.69, 9.17) is 11.6 Å². The molecule has 0 spiro atoms. The van der Waals surface area contributed by atoms with Gasteiger partial charge >= 0.3 is 0 Å². The van der Waals surface area contributed by atoms with E-state index in [9.17, 15) is 12.8 Å². The molecule has 0 aliphatic rings. The molecule has 0 atom stereocenters. The van der Waals surface area contributed by atoms with E-state index in [0.717, 1.165) is 6.26 Å². The zero-order valence-electron chi connectivity index (χ0n) is 14.4. The smallest absolute Gasteiger partial charge is 0.231 e. The molecule has 0 amide bonds. The van der Waals surface area contributed by atoms with Gasteiger partial charge in [0.05, 0.1) is 28.0 Å². The summed E-state index contributed by atoms with van der Waals surface area (Å²) in [5, 5.41) is 0.475. The van der Waals surface area contributed by atoms with E-state index in [1.165, 1.54) is 18.2 Å². The van der Waals surface area contributed by atoms with Crippen LogP contribution in [0.5, 0.6) is 0 Å². The normalized spacial score (nSPS) is 12.0. The Balaban J connectivity index is 2.20. The van der Waals surface area contributed by atoms with Crippen molar-refractivity contribution in [2.75, 3.05) is 11.0 Å². The van der Waals surface area contributed by atoms with Crippen LogP contribution in [-0.4, -0.2) is 29.0 Å². The van der Waals surface area contributed by atoms with Crippen molar-refractivity contribution in [3.05, 3.63) is 59.0 Å². The van der Waals surface area contributed by atoms with Gasteiger partial charge in [0.15, 0.2) is 5.82 Å². The lowest BCUT2D eigenvalue weighted by molar-refractivity contribution is 0.606. The third-order valence-electron chi connectivity index (χ3n) is 4.08. The van der Waals surface area contributed by atoms with Crippen molar-refractivity contribution in [3.8, 4) is 11.4 Å². The van der Waals surface area contributed by atoms with Crippen LogP contribution in [0, 0.1) is 12.7 Å². The molecular formula is C18H14ClFN4O2S. The Morgan fingerprint density at radius 2 is 1.89 bits per heavy atom. The first-order chi connectivity index (χ1) is 12.7. The number of fused-ring (bicyclic) bond motifs is 3. The number of anilines is 1. The quantitative estimate of drug-likeness (QED) is 0.559. The highest BCUT2D eigenvalue weighted by molar-refractivity contribution is 7.92. The second-order valence-corrected chi connectivity index (χ2v) is 8.31. The number of rotatable bonds is 3. The number of aromatic nitrogens is 3. The van der Waals surface area contributed by atoms with Crippen LogP contribution in [0.15, 0.2) is 42.5 Å². The Kier molecular flexibility index (Phi) is 4.05. The lowest BCUT2D eigenvalue weighted by Gasteiger charge is -2.11. The predicted octanol–water partition coefficient (Wildman–Crippen LogP) is 4.02. The Morgan fingerprint density at radius 3 is 2.59 bits per heavy atom. The minimum atomic E-state index is -3.58. The van der Waals surface area contributed by atoms with Gasteiger partial charge in [-0.25, -0.2) is 22.8 Å². The van der Waals surface area contributed by atoms with E-state index in [0.29, 0.717) is 38.7 Å². The van der Waals surface area contributed by atoms with E-state index in [2.05, 4.69) is 14.7 Å². The molecule has 2 heterocycles. The Morgan fingerprint density at radius 1 is 1.15 bits per heavy atom. The van der Waals surface area contributed by atoms with Crippen LogP contribution in [0.4, 0.5) is 10.2 Å². The maximum Gasteiger partial charge on any atom is 0.231 e. The summed E-state index contributed by atoms with van der Waals surface area (Å²) in [5.74, 6) is 0.161. The molecule has 138 valence electrons. The van der Waals surface area contributed by atoms with Gasteiger partial charge in [-0.1, -0.05) is 23.7 Å². The predicted molar refractivity (Wildman–Crippen MR) is 104 cm³/mol. The van der Waals surface area contributed by atoms with Crippen LogP contribution < -0.4 is 4.72 Å². The van der Waals surface area contributed by atoms with E-state index < -0.39 is 15.8 Å². The number of hydrogen-bond acceptors (Lipinski definition) is 4. The standard InChI is InChI=1S/C18H14ClFN4O2S/c1-10-16-17(23-27(2,25)26)22-14-8-7-11(20)9-15(14)24(16)18(21-10)12-5-3-4-6-13(12)19/h3-9H,1-2H3,(H,22,23). The first-order valence-electron chi connectivity index (χ1n) is 7.95. The molecule has 0 aliphatic heterocycles. The maximum atomic E-state index is 14.0. The van der Waals surface area contributed by atoms with Crippen LogP contribution >= 0.6 is 11.6 Å². The van der Waals surface area contributed by atoms with Crippen LogP contribution in [0.25, 0.3) is 27.9 Å². The molecule has 0 saturated heterocycles. The topological polar surface area (TPSA) is 76.4 Å². The van der Waals surface area contributed by atoms with E-state index >= 15 is 0 Å². The maximum absolute atomic E-state index is 14.0. The SMILES string of the molecule is Cc1nc(-c2ccccc2Cl)n2c1c(NS(C)(=O)=O)nc1ccc(F)cc12. The molecule has 0 unspecified atom stereocenters. The molecule has 9 heteroatoms. The Bertz CT molecular complexity index is 1320. The summed E-state index contributed by atoms with van der Waals surface area (Å²) < 4.78 is 41.7. The molecule has 2 aromatic carbocycles. The lowest BCUT2D eigenvalue weighted by atomic mass is 10.2. The molecule has 0 fully saturated rings. The molecule has 27 heavy (non-hydrogen) atoms. The second-order valence-electron chi connectivity index (χ2n) is 6.15. The summed E-state index contributed by atoms with van der Waals surface area (Å²) in [4.78, 5) is 8.94. The summed E-state index contributed by atoms with van der Waals surface area (Å²) in [7, 11) is -3.58. The molecule has 0 radical (unpaired) electrons. The molecule has 6 nitrogen and oxygen atoms in total. The largest absolute Gasteiger partial charge is 0.287 e. The highest BCUT2D eigenvalue weighted by atomic mass is 35.5. The van der Waals surface area contributed by atoms with Gasteiger partial charge in [-0.05, 0) is 31.2 Å². The highest BCUT2D eigenvalue weighted by Gasteiger charge is 2.21. The third-order valence-corrected chi connectivity index (χ3v) is 4.98. The number of sulfonamides is 1. The van der Waals surface area contributed by atoms with Gasteiger partial charge in [0, 0.05) is 11.6 Å². The number of nitrogens with zero attached hydrogens (tertiary/aromatic N) is 3. The molecule has 1 N–H and O–H groups in total.